The highest BCUT2D eigenvalue weighted by atomic mass is 16.5. The van der Waals surface area contributed by atoms with E-state index in [0.29, 0.717) is 11.3 Å². The zero-order valence-corrected chi connectivity index (χ0v) is 7.99. The Morgan fingerprint density at radius 3 is 2.43 bits per heavy atom. The molecule has 3 nitrogen and oxygen atoms in total. The average molecular weight is 192 g/mol. The molecule has 0 spiro atoms. The van der Waals surface area contributed by atoms with Gasteiger partial charge >= 0.3 is 0 Å². The summed E-state index contributed by atoms with van der Waals surface area (Å²) in [5.41, 5.74) is 0.694. The van der Waals surface area contributed by atoms with Crippen LogP contribution >= 0.6 is 0 Å². The molecular weight excluding hydrogens is 180 g/mol. The molecule has 14 heavy (non-hydrogen) atoms. The fourth-order valence-electron chi connectivity index (χ4n) is 1.02. The molecule has 0 unspecified atom stereocenters. The molecule has 0 heterocycles. The van der Waals surface area contributed by atoms with Crippen molar-refractivity contribution in [3.05, 3.63) is 42.0 Å². The van der Waals surface area contributed by atoms with E-state index in [2.05, 4.69) is 6.58 Å². The number of benzene rings is 1. The third kappa shape index (κ3) is 2.20. The van der Waals surface area contributed by atoms with E-state index in [-0.39, 0.29) is 18.0 Å². The van der Waals surface area contributed by atoms with Gasteiger partial charge in [0.15, 0.2) is 5.78 Å². The number of hydrogen-bond acceptors (Lipinski definition) is 3. The molecule has 0 fully saturated rings. The number of ether oxygens (including phenoxy) is 1. The molecule has 3 heteroatoms. The van der Waals surface area contributed by atoms with Gasteiger partial charge in [-0.25, -0.2) is 0 Å². The van der Waals surface area contributed by atoms with Crippen LogP contribution in [0.15, 0.2) is 36.4 Å². The Kier molecular flexibility index (Phi) is 3.42. The molecule has 0 aliphatic carbocycles. The molecule has 0 aliphatic heterocycles. The van der Waals surface area contributed by atoms with Gasteiger partial charge in [-0.05, 0) is 24.3 Å². The first-order valence-electron chi connectivity index (χ1n) is 4.16. The molecule has 0 saturated carbocycles. The van der Waals surface area contributed by atoms with Crippen LogP contribution in [0.3, 0.4) is 0 Å². The Morgan fingerprint density at radius 2 is 2.00 bits per heavy atom. The van der Waals surface area contributed by atoms with Crippen molar-refractivity contribution in [2.24, 2.45) is 0 Å². The summed E-state index contributed by atoms with van der Waals surface area (Å²) in [5.74, 6) is 0.450. The van der Waals surface area contributed by atoms with Gasteiger partial charge in [-0.1, -0.05) is 6.58 Å². The number of aliphatic hydroxyl groups excluding tert-OH is 1. The van der Waals surface area contributed by atoms with Crippen LogP contribution in [0.5, 0.6) is 5.75 Å². The zero-order chi connectivity index (χ0) is 10.6. The summed E-state index contributed by atoms with van der Waals surface area (Å²) in [6.07, 6.45) is 0. The van der Waals surface area contributed by atoms with Crippen molar-refractivity contribution < 1.29 is 14.6 Å². The zero-order valence-electron chi connectivity index (χ0n) is 7.99. The van der Waals surface area contributed by atoms with Gasteiger partial charge in [0.05, 0.1) is 13.7 Å². The summed E-state index contributed by atoms with van der Waals surface area (Å²) in [4.78, 5) is 11.5. The fourth-order valence-corrected chi connectivity index (χ4v) is 1.02. The largest absolute Gasteiger partial charge is 0.497 e. The van der Waals surface area contributed by atoms with Gasteiger partial charge in [-0.2, -0.15) is 0 Å². The van der Waals surface area contributed by atoms with Crippen molar-refractivity contribution in [2.45, 2.75) is 0 Å². The Morgan fingerprint density at radius 1 is 1.43 bits per heavy atom. The molecular formula is C11H12O3. The number of rotatable bonds is 4. The number of hydrogen-bond donors (Lipinski definition) is 1. The summed E-state index contributed by atoms with van der Waals surface area (Å²) in [6, 6.07) is 6.67. The minimum Gasteiger partial charge on any atom is -0.497 e. The van der Waals surface area contributed by atoms with Gasteiger partial charge in [-0.3, -0.25) is 4.79 Å². The van der Waals surface area contributed by atoms with Crippen molar-refractivity contribution in [1.82, 2.24) is 0 Å². The molecule has 1 aromatic rings. The lowest BCUT2D eigenvalue weighted by molar-refractivity contribution is 0.102. The second kappa shape index (κ2) is 4.58. The second-order valence-electron chi connectivity index (χ2n) is 2.82. The minimum atomic E-state index is -0.315. The maximum atomic E-state index is 11.5. The summed E-state index contributed by atoms with van der Waals surface area (Å²) in [5, 5.41) is 8.72. The fraction of sp³-hybridized carbons (Fsp3) is 0.182. The molecule has 0 aromatic heterocycles. The second-order valence-corrected chi connectivity index (χ2v) is 2.82. The van der Waals surface area contributed by atoms with Crippen LogP contribution < -0.4 is 4.74 Å². The van der Waals surface area contributed by atoms with Gasteiger partial charge in [0.2, 0.25) is 0 Å². The Balaban J connectivity index is 2.87. The lowest BCUT2D eigenvalue weighted by Crippen LogP contribution is -2.05. The maximum absolute atomic E-state index is 11.5. The van der Waals surface area contributed by atoms with Crippen LogP contribution in [0.2, 0.25) is 0 Å². The normalized spacial score (nSPS) is 9.57. The molecule has 0 bridgehead atoms. The summed E-state index contributed by atoms with van der Waals surface area (Å²) in [7, 11) is 1.56. The van der Waals surface area contributed by atoms with Gasteiger partial charge < -0.3 is 9.84 Å². The first-order valence-corrected chi connectivity index (χ1v) is 4.16. The van der Waals surface area contributed by atoms with Crippen molar-refractivity contribution >= 4 is 5.78 Å². The van der Waals surface area contributed by atoms with E-state index < -0.39 is 0 Å². The van der Waals surface area contributed by atoms with E-state index in [9.17, 15) is 4.79 Å². The molecule has 1 rings (SSSR count). The smallest absolute Gasteiger partial charge is 0.190 e. The highest BCUT2D eigenvalue weighted by molar-refractivity contribution is 6.08. The van der Waals surface area contributed by atoms with E-state index >= 15 is 0 Å². The number of methoxy groups -OCH3 is 1. The summed E-state index contributed by atoms with van der Waals surface area (Å²) in [6.45, 7) is 3.15. The molecule has 74 valence electrons. The highest BCUT2D eigenvalue weighted by Gasteiger charge is 2.08. The van der Waals surface area contributed by atoms with Crippen molar-refractivity contribution in [3.8, 4) is 5.75 Å². The van der Waals surface area contributed by atoms with Crippen molar-refractivity contribution in [1.29, 1.82) is 0 Å². The first kappa shape index (κ1) is 10.5. The molecule has 1 N–H and O–H groups in total. The van der Waals surface area contributed by atoms with Crippen molar-refractivity contribution in [3.63, 3.8) is 0 Å². The standard InChI is InChI=1S/C11H12O3/c1-8(7-12)11(13)9-3-5-10(14-2)6-4-9/h3-6,12H,1,7H2,2H3. The van der Waals surface area contributed by atoms with E-state index in [4.69, 9.17) is 9.84 Å². The van der Waals surface area contributed by atoms with E-state index in [1.54, 1.807) is 31.4 Å². The lowest BCUT2D eigenvalue weighted by Gasteiger charge is -2.03. The van der Waals surface area contributed by atoms with Crippen LogP contribution in [0.1, 0.15) is 10.4 Å². The number of carbonyl (C=O) groups excluding carboxylic acids is 1. The molecule has 1 aromatic carbocycles. The first-order chi connectivity index (χ1) is 6.69. The monoisotopic (exact) mass is 192 g/mol. The number of ketones is 1. The van der Waals surface area contributed by atoms with Crippen molar-refractivity contribution in [2.75, 3.05) is 13.7 Å². The molecule has 0 atom stereocenters. The van der Waals surface area contributed by atoms with Crippen LogP contribution in [0, 0.1) is 0 Å². The Bertz CT molecular complexity index is 338. The predicted octanol–water partition coefficient (Wildman–Crippen LogP) is 1.43. The summed E-state index contributed by atoms with van der Waals surface area (Å²) < 4.78 is 4.95. The Labute approximate surface area is 82.6 Å². The number of aliphatic hydroxyl groups is 1. The quantitative estimate of drug-likeness (QED) is 0.579. The maximum Gasteiger partial charge on any atom is 0.190 e. The topological polar surface area (TPSA) is 46.5 Å². The van der Waals surface area contributed by atoms with Crippen LogP contribution in [0.4, 0.5) is 0 Å². The highest BCUT2D eigenvalue weighted by Crippen LogP contribution is 2.13. The van der Waals surface area contributed by atoms with Gasteiger partial charge in [0.1, 0.15) is 5.75 Å². The molecule has 0 aliphatic rings. The van der Waals surface area contributed by atoms with E-state index in [0.717, 1.165) is 0 Å². The van der Waals surface area contributed by atoms with Gasteiger partial charge in [0.25, 0.3) is 0 Å². The summed E-state index contributed by atoms with van der Waals surface area (Å²) >= 11 is 0. The number of Topliss-reactive ketones (excluding diaryl/α,β-unsaturated/α-hetero) is 1. The lowest BCUT2D eigenvalue weighted by atomic mass is 10.1. The van der Waals surface area contributed by atoms with Gasteiger partial charge in [0, 0.05) is 11.1 Å². The average Bonchev–Trinajstić information content (AvgIpc) is 2.27. The van der Waals surface area contributed by atoms with E-state index in [1.165, 1.54) is 0 Å². The SMILES string of the molecule is C=C(CO)C(=O)c1ccc(OC)cc1. The van der Waals surface area contributed by atoms with Crippen LogP contribution in [-0.2, 0) is 0 Å². The van der Waals surface area contributed by atoms with Gasteiger partial charge in [-0.15, -0.1) is 0 Å². The molecule has 0 amide bonds. The predicted molar refractivity (Wildman–Crippen MR) is 53.6 cm³/mol. The third-order valence-electron chi connectivity index (χ3n) is 1.86. The van der Waals surface area contributed by atoms with Crippen LogP contribution in [-0.4, -0.2) is 24.6 Å². The minimum absolute atomic E-state index is 0.190. The van der Waals surface area contributed by atoms with Crippen LogP contribution in [0.25, 0.3) is 0 Å². The Hall–Kier alpha value is -1.61. The molecule has 0 radical (unpaired) electrons. The van der Waals surface area contributed by atoms with E-state index in [1.807, 2.05) is 0 Å². The molecule has 0 saturated heterocycles. The third-order valence-corrected chi connectivity index (χ3v) is 1.86. The number of carbonyl (C=O) groups is 1.